The van der Waals surface area contributed by atoms with Gasteiger partial charge in [-0.3, -0.25) is 4.79 Å². The topological polar surface area (TPSA) is 55.1 Å². The van der Waals surface area contributed by atoms with Crippen LogP contribution in [0.3, 0.4) is 0 Å². The van der Waals surface area contributed by atoms with Crippen molar-refractivity contribution in [3.63, 3.8) is 0 Å². The first-order chi connectivity index (χ1) is 7.65. The number of nitrogen functional groups attached to an aromatic ring is 1. The van der Waals surface area contributed by atoms with Crippen LogP contribution in [0.2, 0.25) is 0 Å². The molecule has 0 aliphatic carbocycles. The molecule has 0 atom stereocenters. The van der Waals surface area contributed by atoms with Crippen LogP contribution in [0.5, 0.6) is 0 Å². The fourth-order valence-electron chi connectivity index (χ4n) is 1.16. The predicted molar refractivity (Wildman–Crippen MR) is 61.2 cm³/mol. The predicted octanol–water partition coefficient (Wildman–Crippen LogP) is 1.55. The second-order valence-electron chi connectivity index (χ2n) is 3.30. The molecule has 0 aliphatic rings. The zero-order valence-corrected chi connectivity index (χ0v) is 8.79. The number of carbonyl (C=O) groups is 1. The van der Waals surface area contributed by atoms with E-state index in [1.807, 2.05) is 0 Å². The highest BCUT2D eigenvalue weighted by atomic mass is 19.1. The summed E-state index contributed by atoms with van der Waals surface area (Å²) in [6.45, 7) is 0.481. The second-order valence-corrected chi connectivity index (χ2v) is 3.30. The van der Waals surface area contributed by atoms with Crippen LogP contribution in [0.15, 0.2) is 18.2 Å². The van der Waals surface area contributed by atoms with Crippen LogP contribution in [0.4, 0.5) is 10.1 Å². The lowest BCUT2D eigenvalue weighted by molar-refractivity contribution is 0.0953. The molecule has 0 aromatic heterocycles. The number of nitrogens with one attached hydrogen (secondary N) is 1. The fraction of sp³-hybridized carbons (Fsp3) is 0.250. The van der Waals surface area contributed by atoms with E-state index < -0.39 is 5.82 Å². The molecule has 1 aromatic rings. The molecule has 16 heavy (non-hydrogen) atoms. The highest BCUT2D eigenvalue weighted by Crippen LogP contribution is 2.11. The van der Waals surface area contributed by atoms with E-state index in [4.69, 9.17) is 12.2 Å². The monoisotopic (exact) mass is 220 g/mol. The van der Waals surface area contributed by atoms with E-state index in [1.165, 1.54) is 12.1 Å². The smallest absolute Gasteiger partial charge is 0.251 e. The minimum Gasteiger partial charge on any atom is -0.396 e. The van der Waals surface area contributed by atoms with Crippen LogP contribution < -0.4 is 11.1 Å². The van der Waals surface area contributed by atoms with Crippen molar-refractivity contribution in [3.8, 4) is 12.3 Å². The van der Waals surface area contributed by atoms with E-state index in [2.05, 4.69) is 11.2 Å². The first-order valence-electron chi connectivity index (χ1n) is 4.92. The largest absolute Gasteiger partial charge is 0.396 e. The van der Waals surface area contributed by atoms with E-state index in [-0.39, 0.29) is 17.2 Å². The van der Waals surface area contributed by atoms with Gasteiger partial charge in [0.2, 0.25) is 0 Å². The van der Waals surface area contributed by atoms with Gasteiger partial charge in [-0.15, -0.1) is 12.3 Å². The average molecular weight is 220 g/mol. The number of unbranched alkanes of at least 4 members (excludes halogenated alkanes) is 1. The Bertz CT molecular complexity index is 424. The number of terminal acetylenes is 1. The van der Waals surface area contributed by atoms with E-state index in [1.54, 1.807) is 0 Å². The molecule has 0 aliphatic heterocycles. The maximum atomic E-state index is 13.1. The molecule has 4 heteroatoms. The van der Waals surface area contributed by atoms with Gasteiger partial charge in [0.25, 0.3) is 5.91 Å². The van der Waals surface area contributed by atoms with Crippen LogP contribution >= 0.6 is 0 Å². The number of hydrogen-bond donors (Lipinski definition) is 2. The second kappa shape index (κ2) is 5.76. The lowest BCUT2D eigenvalue weighted by atomic mass is 10.2. The van der Waals surface area contributed by atoms with E-state index in [9.17, 15) is 9.18 Å². The number of carbonyl (C=O) groups excluding carboxylic acids is 1. The van der Waals surface area contributed by atoms with Crippen LogP contribution in [0, 0.1) is 18.2 Å². The number of benzene rings is 1. The van der Waals surface area contributed by atoms with Crippen molar-refractivity contribution in [2.45, 2.75) is 12.8 Å². The molecule has 0 heterocycles. The number of nitrogens with two attached hydrogens (primary N) is 1. The zero-order valence-electron chi connectivity index (χ0n) is 8.79. The summed E-state index contributed by atoms with van der Waals surface area (Å²) in [6.07, 6.45) is 6.38. The van der Waals surface area contributed by atoms with Crippen molar-refractivity contribution in [1.29, 1.82) is 0 Å². The third-order valence-corrected chi connectivity index (χ3v) is 2.05. The molecular formula is C12H13FN2O. The van der Waals surface area contributed by atoms with Gasteiger partial charge in [0.15, 0.2) is 0 Å². The Balaban J connectivity index is 2.53. The standard InChI is InChI=1S/C12H13FN2O/c1-2-3-4-7-15-12(16)9-5-6-11(14)10(13)8-9/h1,5-6,8H,3-4,7,14H2,(H,15,16). The molecule has 0 unspecified atom stereocenters. The van der Waals surface area contributed by atoms with E-state index >= 15 is 0 Å². The Morgan fingerprint density at radius 2 is 2.31 bits per heavy atom. The van der Waals surface area contributed by atoms with Crippen LogP contribution in [0.1, 0.15) is 23.2 Å². The molecule has 0 fully saturated rings. The van der Waals surface area contributed by atoms with Gasteiger partial charge in [-0.25, -0.2) is 4.39 Å². The number of amides is 1. The van der Waals surface area contributed by atoms with Gasteiger partial charge in [0.05, 0.1) is 5.69 Å². The average Bonchev–Trinajstić information content (AvgIpc) is 2.28. The third-order valence-electron chi connectivity index (χ3n) is 2.05. The van der Waals surface area contributed by atoms with Gasteiger partial charge in [-0.1, -0.05) is 0 Å². The Hall–Kier alpha value is -2.02. The molecule has 0 saturated carbocycles. The summed E-state index contributed by atoms with van der Waals surface area (Å²) in [4.78, 5) is 11.5. The molecule has 1 amide bonds. The third kappa shape index (κ3) is 3.28. The molecule has 3 nitrogen and oxygen atoms in total. The van der Waals surface area contributed by atoms with Crippen molar-refractivity contribution < 1.29 is 9.18 Å². The molecule has 84 valence electrons. The highest BCUT2D eigenvalue weighted by molar-refractivity contribution is 5.94. The summed E-state index contributed by atoms with van der Waals surface area (Å²) in [5.41, 5.74) is 5.59. The van der Waals surface area contributed by atoms with Crippen molar-refractivity contribution in [2.24, 2.45) is 0 Å². The fourth-order valence-corrected chi connectivity index (χ4v) is 1.16. The van der Waals surface area contributed by atoms with Gasteiger partial charge in [-0.2, -0.15) is 0 Å². The van der Waals surface area contributed by atoms with Crippen LogP contribution in [0.25, 0.3) is 0 Å². The van der Waals surface area contributed by atoms with Gasteiger partial charge in [0, 0.05) is 18.5 Å². The summed E-state index contributed by atoms with van der Waals surface area (Å²) in [5.74, 6) is 1.56. The van der Waals surface area contributed by atoms with Gasteiger partial charge in [-0.05, 0) is 24.6 Å². The zero-order chi connectivity index (χ0) is 12.0. The van der Waals surface area contributed by atoms with Gasteiger partial charge >= 0.3 is 0 Å². The molecule has 0 saturated heterocycles. The summed E-state index contributed by atoms with van der Waals surface area (Å²) in [5, 5.41) is 2.64. The van der Waals surface area contributed by atoms with Crippen LogP contribution in [-0.4, -0.2) is 12.5 Å². The van der Waals surface area contributed by atoms with Gasteiger partial charge < -0.3 is 11.1 Å². The highest BCUT2D eigenvalue weighted by Gasteiger charge is 2.07. The molecular weight excluding hydrogens is 207 g/mol. The maximum Gasteiger partial charge on any atom is 0.251 e. The summed E-state index contributed by atoms with van der Waals surface area (Å²) < 4.78 is 13.1. The van der Waals surface area contributed by atoms with E-state index in [0.717, 1.165) is 6.07 Å². The molecule has 0 spiro atoms. The summed E-state index contributed by atoms with van der Waals surface area (Å²) in [6, 6.07) is 3.96. The minimum absolute atomic E-state index is 0.0314. The van der Waals surface area contributed by atoms with Crippen molar-refractivity contribution in [2.75, 3.05) is 12.3 Å². The first-order valence-corrected chi connectivity index (χ1v) is 4.92. The quantitative estimate of drug-likeness (QED) is 0.459. The number of hydrogen-bond acceptors (Lipinski definition) is 2. The number of rotatable bonds is 4. The number of halogens is 1. The molecule has 0 bridgehead atoms. The molecule has 1 aromatic carbocycles. The Morgan fingerprint density at radius 1 is 1.56 bits per heavy atom. The summed E-state index contributed by atoms with van der Waals surface area (Å²) >= 11 is 0. The molecule has 0 radical (unpaired) electrons. The van der Waals surface area contributed by atoms with Crippen molar-refractivity contribution >= 4 is 11.6 Å². The summed E-state index contributed by atoms with van der Waals surface area (Å²) in [7, 11) is 0. The minimum atomic E-state index is -0.587. The van der Waals surface area contributed by atoms with E-state index in [0.29, 0.717) is 19.4 Å². The normalized spacial score (nSPS) is 9.50. The lowest BCUT2D eigenvalue weighted by Crippen LogP contribution is -2.24. The Morgan fingerprint density at radius 3 is 2.94 bits per heavy atom. The van der Waals surface area contributed by atoms with Crippen LogP contribution in [-0.2, 0) is 0 Å². The molecule has 3 N–H and O–H groups in total. The molecule has 1 rings (SSSR count). The van der Waals surface area contributed by atoms with Crippen molar-refractivity contribution in [1.82, 2.24) is 5.32 Å². The van der Waals surface area contributed by atoms with Crippen molar-refractivity contribution in [3.05, 3.63) is 29.6 Å². The Labute approximate surface area is 93.8 Å². The van der Waals surface area contributed by atoms with Gasteiger partial charge in [0.1, 0.15) is 5.82 Å². The maximum absolute atomic E-state index is 13.1. The first kappa shape index (κ1) is 12.1. The lowest BCUT2D eigenvalue weighted by Gasteiger charge is -2.04. The number of anilines is 1. The SMILES string of the molecule is C#CCCCNC(=O)c1ccc(N)c(F)c1. The Kier molecular flexibility index (Phi) is 4.34.